The predicted octanol–water partition coefficient (Wildman–Crippen LogP) is 5.65. The summed E-state index contributed by atoms with van der Waals surface area (Å²) in [5.74, 6) is -1.74. The van der Waals surface area contributed by atoms with Crippen molar-refractivity contribution in [3.63, 3.8) is 0 Å². The molecular weight excluding hydrogens is 774 g/mol. The summed E-state index contributed by atoms with van der Waals surface area (Å²) < 4.78 is 23.4. The summed E-state index contributed by atoms with van der Waals surface area (Å²) in [5.41, 5.74) is 2.48. The van der Waals surface area contributed by atoms with Crippen LogP contribution in [0.4, 0.5) is 31.0 Å². The Balaban J connectivity index is 1.20. The second-order valence-corrected chi connectivity index (χ2v) is 17.2. The smallest absolute Gasteiger partial charge is 0.407 e. The first-order valence-electron chi connectivity index (χ1n) is 19.9. The zero-order valence-electron chi connectivity index (χ0n) is 35.5. The number of carbonyl (C=O) groups is 6. The molecule has 0 spiro atoms. The van der Waals surface area contributed by atoms with Crippen molar-refractivity contribution in [2.75, 3.05) is 42.8 Å². The zero-order valence-corrected chi connectivity index (χ0v) is 35.5. The number of amides is 6. The van der Waals surface area contributed by atoms with Crippen molar-refractivity contribution >= 4 is 52.9 Å². The molecule has 60 heavy (non-hydrogen) atoms. The summed E-state index contributed by atoms with van der Waals surface area (Å²) in [6.07, 6.45) is -0.475. The maximum atomic E-state index is 14.0. The quantitative estimate of drug-likeness (QED) is 0.169. The second kappa shape index (κ2) is 18.8. The lowest BCUT2D eigenvalue weighted by Gasteiger charge is -2.43. The third kappa shape index (κ3) is 11.1. The van der Waals surface area contributed by atoms with Crippen molar-refractivity contribution in [2.24, 2.45) is 10.8 Å². The van der Waals surface area contributed by atoms with E-state index >= 15 is 0 Å². The maximum Gasteiger partial charge on any atom is 0.407 e. The van der Waals surface area contributed by atoms with E-state index in [0.717, 1.165) is 16.8 Å². The van der Waals surface area contributed by atoms with E-state index in [2.05, 4.69) is 26.2 Å². The van der Waals surface area contributed by atoms with Gasteiger partial charge in [-0.05, 0) is 83.3 Å². The number of nitrogens with one attached hydrogen (secondary N) is 4. The number of methoxy groups -OCH3 is 2. The van der Waals surface area contributed by atoms with Crippen molar-refractivity contribution in [3.05, 3.63) is 89.7 Å². The van der Waals surface area contributed by atoms with Crippen LogP contribution < -0.4 is 26.2 Å². The number of halogens is 1. The highest BCUT2D eigenvalue weighted by Crippen LogP contribution is 2.29. The van der Waals surface area contributed by atoms with Gasteiger partial charge < -0.3 is 45.4 Å². The molecule has 0 unspecified atom stereocenters. The summed E-state index contributed by atoms with van der Waals surface area (Å²) in [7, 11) is 2.45. The second-order valence-electron chi connectivity index (χ2n) is 17.2. The molecule has 322 valence electrons. The largest absolute Gasteiger partial charge is 0.453 e. The third-order valence-corrected chi connectivity index (χ3v) is 10.7. The first-order chi connectivity index (χ1) is 28.3. The number of alkyl carbamates (subject to hydrolysis) is 2. The van der Waals surface area contributed by atoms with Crippen LogP contribution >= 0.6 is 0 Å². The predicted molar refractivity (Wildman–Crippen MR) is 224 cm³/mol. The fourth-order valence-corrected chi connectivity index (χ4v) is 7.00. The molecule has 0 bridgehead atoms. The van der Waals surface area contributed by atoms with Crippen molar-refractivity contribution < 1.29 is 42.6 Å². The van der Waals surface area contributed by atoms with Crippen LogP contribution in [0.3, 0.4) is 0 Å². The first-order valence-corrected chi connectivity index (χ1v) is 19.9. The fraction of sp³-hybridized carbons (Fsp3) is 0.455. The number of benzene rings is 3. The van der Waals surface area contributed by atoms with Gasteiger partial charge in [-0.25, -0.2) is 14.0 Å². The highest BCUT2D eigenvalue weighted by molar-refractivity contribution is 6.00. The van der Waals surface area contributed by atoms with Crippen LogP contribution in [-0.2, 0) is 41.7 Å². The fourth-order valence-electron chi connectivity index (χ4n) is 7.00. The molecule has 2 heterocycles. The van der Waals surface area contributed by atoms with Gasteiger partial charge in [0.15, 0.2) is 0 Å². The van der Waals surface area contributed by atoms with Crippen LogP contribution in [0, 0.1) is 16.6 Å². The molecule has 0 radical (unpaired) electrons. The Morgan fingerprint density at radius 3 is 1.30 bits per heavy atom. The minimum absolute atomic E-state index is 0.332. The van der Waals surface area contributed by atoms with Crippen molar-refractivity contribution in [1.29, 1.82) is 0 Å². The number of hydrogen-bond acceptors (Lipinski definition) is 9. The Bertz CT molecular complexity index is 1910. The summed E-state index contributed by atoms with van der Waals surface area (Å²) in [6.45, 7) is 12.6. The van der Waals surface area contributed by atoms with E-state index in [1.165, 1.54) is 36.2 Å². The van der Waals surface area contributed by atoms with Crippen LogP contribution in [0.2, 0.25) is 0 Å². The molecule has 0 aromatic heterocycles. The Kier molecular flexibility index (Phi) is 14.1. The lowest BCUT2D eigenvalue weighted by molar-refractivity contribution is -0.149. The number of rotatable bonds is 13. The summed E-state index contributed by atoms with van der Waals surface area (Å²) in [4.78, 5) is 82.4. The molecular formula is C44H56FN7O8. The van der Waals surface area contributed by atoms with Crippen molar-refractivity contribution in [2.45, 2.75) is 91.6 Å². The Hall–Kier alpha value is -6.19. The third-order valence-electron chi connectivity index (χ3n) is 10.7. The van der Waals surface area contributed by atoms with E-state index in [9.17, 15) is 33.2 Å². The van der Waals surface area contributed by atoms with Gasteiger partial charge in [-0.2, -0.15) is 0 Å². The number of nitrogens with zero attached hydrogens (tertiary/aromatic N) is 3. The van der Waals surface area contributed by atoms with Crippen molar-refractivity contribution in [3.8, 4) is 0 Å². The van der Waals surface area contributed by atoms with Gasteiger partial charge in [0.1, 0.15) is 30.0 Å². The van der Waals surface area contributed by atoms with Crippen LogP contribution in [0.15, 0.2) is 72.8 Å². The number of ether oxygens (including phenoxy) is 2. The molecule has 2 aliphatic heterocycles. The minimum Gasteiger partial charge on any atom is -0.453 e. The van der Waals surface area contributed by atoms with Gasteiger partial charge in [0.25, 0.3) is 0 Å². The molecule has 2 saturated heterocycles. The van der Waals surface area contributed by atoms with E-state index in [1.54, 1.807) is 36.4 Å². The molecule has 5 rings (SSSR count). The Morgan fingerprint density at radius 2 is 1.00 bits per heavy atom. The number of hydrogen-bond donors (Lipinski definition) is 4. The van der Waals surface area contributed by atoms with Gasteiger partial charge in [0.2, 0.25) is 23.6 Å². The average molecular weight is 830 g/mol. The Morgan fingerprint density at radius 1 is 0.633 bits per heavy atom. The SMILES string of the molecule is COC(=O)N[C@H](C(=O)N1CC[C@H]1C(=O)Nc1ccc(CN(Cc2ccc(NC(=O)[C@@H]3CCN3C(=O)[C@@H](NC(=O)OC)C(C)(C)C)cc2)c2ccc(F)cc2)cc1)C(C)(C)C. The van der Waals surface area contributed by atoms with E-state index in [-0.39, 0.29) is 29.4 Å². The number of likely N-dealkylation sites (tertiary alicyclic amines) is 2. The van der Waals surface area contributed by atoms with Crippen LogP contribution in [0.25, 0.3) is 0 Å². The summed E-state index contributed by atoms with van der Waals surface area (Å²) in [6, 6.07) is 17.7. The topological polar surface area (TPSA) is 179 Å². The molecule has 15 nitrogen and oxygen atoms in total. The van der Waals surface area contributed by atoms with Gasteiger partial charge in [0, 0.05) is 43.2 Å². The molecule has 0 saturated carbocycles. The maximum absolute atomic E-state index is 14.0. The highest BCUT2D eigenvalue weighted by atomic mass is 19.1. The zero-order chi connectivity index (χ0) is 43.9. The van der Waals surface area contributed by atoms with Gasteiger partial charge in [0.05, 0.1) is 14.2 Å². The van der Waals surface area contributed by atoms with Crippen LogP contribution in [0.1, 0.15) is 65.5 Å². The molecule has 4 atom stereocenters. The molecule has 2 fully saturated rings. The van der Waals surface area contributed by atoms with E-state index < -0.39 is 47.2 Å². The number of anilines is 3. The highest BCUT2D eigenvalue weighted by Gasteiger charge is 2.45. The molecule has 3 aromatic rings. The normalized spacial score (nSPS) is 17.1. The van der Waals surface area contributed by atoms with Gasteiger partial charge in [-0.1, -0.05) is 65.8 Å². The molecule has 0 aliphatic carbocycles. The standard InChI is InChI=1S/C44H56FN7O8/c1-43(2,3)35(48-41(57)59-7)39(55)51-23-21-33(51)37(53)46-30-15-9-27(10-16-30)25-50(32-19-13-29(45)14-20-32)26-28-11-17-31(18-12-28)47-38(54)34-22-24-52(34)40(56)36(44(4,5)6)49-42(58)60-8/h9-20,33-36H,21-26H2,1-8H3,(H,46,53)(H,47,54)(H,48,57)(H,49,58)/t33-,34-,35+,36+/m0/s1. The molecule has 16 heteroatoms. The molecule has 2 aliphatic rings. The van der Waals surface area contributed by atoms with Crippen LogP contribution in [-0.4, -0.2) is 97.1 Å². The minimum atomic E-state index is -0.878. The lowest BCUT2D eigenvalue weighted by Crippen LogP contribution is -2.63. The Labute approximate surface area is 350 Å². The number of carbonyl (C=O) groups excluding carboxylic acids is 6. The van der Waals surface area contributed by atoms with Gasteiger partial charge in [-0.3, -0.25) is 19.2 Å². The molecule has 6 amide bonds. The van der Waals surface area contributed by atoms with Gasteiger partial charge >= 0.3 is 12.2 Å². The summed E-state index contributed by atoms with van der Waals surface area (Å²) >= 11 is 0. The van der Waals surface area contributed by atoms with Crippen LogP contribution in [0.5, 0.6) is 0 Å². The van der Waals surface area contributed by atoms with E-state index in [0.29, 0.717) is 50.4 Å². The monoisotopic (exact) mass is 829 g/mol. The van der Waals surface area contributed by atoms with E-state index in [4.69, 9.17) is 9.47 Å². The molecule has 3 aromatic carbocycles. The van der Waals surface area contributed by atoms with Crippen molar-refractivity contribution in [1.82, 2.24) is 20.4 Å². The molecule has 4 N–H and O–H groups in total. The van der Waals surface area contributed by atoms with E-state index in [1.807, 2.05) is 65.8 Å². The lowest BCUT2D eigenvalue weighted by atomic mass is 9.84. The average Bonchev–Trinajstić information content (AvgIpc) is 3.15. The van der Waals surface area contributed by atoms with Gasteiger partial charge in [-0.15, -0.1) is 0 Å². The summed E-state index contributed by atoms with van der Waals surface area (Å²) in [5, 5.41) is 11.0. The first kappa shape index (κ1) is 44.9.